The molecule has 1 saturated heterocycles. The first-order valence-corrected chi connectivity index (χ1v) is 10.3. The third-order valence-electron chi connectivity index (χ3n) is 5.57. The van der Waals surface area contributed by atoms with Gasteiger partial charge in [0.2, 0.25) is 5.91 Å². The molecule has 1 fully saturated rings. The molecular weight excluding hydrogens is 388 g/mol. The molecule has 3 atom stereocenters. The van der Waals surface area contributed by atoms with Gasteiger partial charge in [-0.25, -0.2) is 13.6 Å². The lowest BCUT2D eigenvalue weighted by atomic mass is 9.88. The predicted molar refractivity (Wildman–Crippen MR) is 112 cm³/mol. The van der Waals surface area contributed by atoms with Crippen molar-refractivity contribution in [1.29, 1.82) is 0 Å². The van der Waals surface area contributed by atoms with E-state index in [0.29, 0.717) is 12.8 Å². The Bertz CT molecular complexity index is 891. The van der Waals surface area contributed by atoms with Gasteiger partial charge in [0, 0.05) is 18.7 Å². The van der Waals surface area contributed by atoms with E-state index in [1.807, 2.05) is 44.2 Å². The van der Waals surface area contributed by atoms with Gasteiger partial charge in [-0.3, -0.25) is 4.79 Å². The normalized spacial score (nSPS) is 19.8. The van der Waals surface area contributed by atoms with E-state index in [2.05, 4.69) is 10.6 Å². The first-order chi connectivity index (χ1) is 14.4. The highest BCUT2D eigenvalue weighted by Crippen LogP contribution is 2.34. The Morgan fingerprint density at radius 1 is 1.13 bits per heavy atom. The molecule has 0 aliphatic carbocycles. The van der Waals surface area contributed by atoms with Crippen molar-refractivity contribution in [2.45, 2.75) is 45.2 Å². The van der Waals surface area contributed by atoms with E-state index in [-0.39, 0.29) is 36.1 Å². The molecule has 3 rings (SSSR count). The zero-order chi connectivity index (χ0) is 21.7. The van der Waals surface area contributed by atoms with Crippen molar-refractivity contribution in [2.24, 2.45) is 5.92 Å². The Morgan fingerprint density at radius 3 is 2.53 bits per heavy atom. The third-order valence-corrected chi connectivity index (χ3v) is 5.57. The Labute approximate surface area is 175 Å². The maximum Gasteiger partial charge on any atom is 0.322 e. The van der Waals surface area contributed by atoms with Crippen LogP contribution in [0.5, 0.6) is 0 Å². The number of likely N-dealkylation sites (tertiary alicyclic amines) is 1. The van der Waals surface area contributed by atoms with Crippen molar-refractivity contribution in [2.75, 3.05) is 11.9 Å². The fourth-order valence-corrected chi connectivity index (χ4v) is 3.67. The maximum atomic E-state index is 14.0. The van der Waals surface area contributed by atoms with E-state index in [1.165, 1.54) is 6.07 Å². The molecule has 1 aliphatic rings. The predicted octanol–water partition coefficient (Wildman–Crippen LogP) is 4.86. The van der Waals surface area contributed by atoms with Crippen LogP contribution in [0.1, 0.15) is 44.7 Å². The van der Waals surface area contributed by atoms with Crippen molar-refractivity contribution in [3.05, 3.63) is 65.7 Å². The number of amides is 3. The summed E-state index contributed by atoms with van der Waals surface area (Å²) in [4.78, 5) is 27.3. The van der Waals surface area contributed by atoms with Gasteiger partial charge in [0.1, 0.15) is 11.6 Å². The van der Waals surface area contributed by atoms with E-state index in [4.69, 9.17) is 0 Å². The minimum Gasteiger partial charge on any atom is -0.353 e. The summed E-state index contributed by atoms with van der Waals surface area (Å²) in [5, 5.41) is 5.51. The van der Waals surface area contributed by atoms with Crippen LogP contribution in [-0.4, -0.2) is 29.4 Å². The molecule has 0 saturated carbocycles. The second-order valence-electron chi connectivity index (χ2n) is 7.73. The van der Waals surface area contributed by atoms with E-state index >= 15 is 0 Å². The monoisotopic (exact) mass is 415 g/mol. The van der Waals surface area contributed by atoms with Gasteiger partial charge in [-0.2, -0.15) is 0 Å². The number of carbonyl (C=O) groups is 2. The van der Waals surface area contributed by atoms with E-state index in [1.54, 1.807) is 4.90 Å². The molecular formula is C23H27F2N3O2. The van der Waals surface area contributed by atoms with Crippen LogP contribution in [0.2, 0.25) is 0 Å². The van der Waals surface area contributed by atoms with Crippen molar-refractivity contribution in [1.82, 2.24) is 10.2 Å². The van der Waals surface area contributed by atoms with Crippen molar-refractivity contribution in [3.63, 3.8) is 0 Å². The van der Waals surface area contributed by atoms with Gasteiger partial charge < -0.3 is 15.5 Å². The van der Waals surface area contributed by atoms with Gasteiger partial charge in [0.15, 0.2) is 0 Å². The molecule has 5 nitrogen and oxygen atoms in total. The van der Waals surface area contributed by atoms with Crippen LogP contribution in [0.4, 0.5) is 19.3 Å². The average Bonchev–Trinajstić information content (AvgIpc) is 2.75. The fraction of sp³-hybridized carbons (Fsp3) is 0.391. The van der Waals surface area contributed by atoms with Crippen molar-refractivity contribution in [3.8, 4) is 0 Å². The van der Waals surface area contributed by atoms with E-state index < -0.39 is 17.7 Å². The van der Waals surface area contributed by atoms with Crippen molar-refractivity contribution >= 4 is 17.6 Å². The quantitative estimate of drug-likeness (QED) is 0.732. The number of hydrogen-bond donors (Lipinski definition) is 2. The number of nitrogens with zero attached hydrogens (tertiary/aromatic N) is 1. The molecule has 3 amide bonds. The second kappa shape index (κ2) is 9.69. The summed E-state index contributed by atoms with van der Waals surface area (Å²) < 4.78 is 27.2. The first-order valence-electron chi connectivity index (χ1n) is 10.3. The Kier molecular flexibility index (Phi) is 7.03. The van der Waals surface area contributed by atoms with Crippen LogP contribution in [0.25, 0.3) is 0 Å². The summed E-state index contributed by atoms with van der Waals surface area (Å²) in [5.41, 5.74) is 0.854. The van der Waals surface area contributed by atoms with Crippen LogP contribution < -0.4 is 10.6 Å². The molecule has 0 unspecified atom stereocenters. The summed E-state index contributed by atoms with van der Waals surface area (Å²) >= 11 is 0. The third kappa shape index (κ3) is 5.14. The number of rotatable bonds is 5. The van der Waals surface area contributed by atoms with Gasteiger partial charge in [0.05, 0.1) is 17.6 Å². The largest absolute Gasteiger partial charge is 0.353 e. The van der Waals surface area contributed by atoms with Crippen LogP contribution in [0, 0.1) is 17.6 Å². The molecule has 0 aromatic heterocycles. The molecule has 1 heterocycles. The summed E-state index contributed by atoms with van der Waals surface area (Å²) in [6.07, 6.45) is 2.08. The van der Waals surface area contributed by atoms with Crippen LogP contribution >= 0.6 is 0 Å². The highest BCUT2D eigenvalue weighted by atomic mass is 19.1. The molecule has 0 bridgehead atoms. The molecule has 2 N–H and O–H groups in total. The zero-order valence-electron chi connectivity index (χ0n) is 17.2. The maximum absolute atomic E-state index is 14.0. The number of anilines is 1. The Hall–Kier alpha value is -2.96. The minimum absolute atomic E-state index is 0.0555. The van der Waals surface area contributed by atoms with E-state index in [9.17, 15) is 18.4 Å². The van der Waals surface area contributed by atoms with Gasteiger partial charge >= 0.3 is 6.03 Å². The molecule has 0 radical (unpaired) electrons. The summed E-state index contributed by atoms with van der Waals surface area (Å²) in [6.45, 7) is 4.15. The second-order valence-corrected chi connectivity index (χ2v) is 7.73. The lowest BCUT2D eigenvalue weighted by Crippen LogP contribution is -2.49. The molecule has 2 aromatic rings. The van der Waals surface area contributed by atoms with Gasteiger partial charge in [-0.05, 0) is 43.9 Å². The number of urea groups is 1. The molecule has 7 heteroatoms. The summed E-state index contributed by atoms with van der Waals surface area (Å²) in [6, 6.07) is 11.9. The summed E-state index contributed by atoms with van der Waals surface area (Å²) in [7, 11) is 0. The summed E-state index contributed by atoms with van der Waals surface area (Å²) in [5.74, 6) is -1.99. The number of piperidine rings is 1. The fourth-order valence-electron chi connectivity index (χ4n) is 3.67. The van der Waals surface area contributed by atoms with E-state index in [0.717, 1.165) is 24.1 Å². The smallest absolute Gasteiger partial charge is 0.322 e. The number of nitrogens with one attached hydrogen (secondary N) is 2. The molecule has 160 valence electrons. The SMILES string of the molecule is CC[C@H](C)NC(=O)[C@@H]1CC[C@@H](c2ccccc2)N(C(=O)Nc2ccc(F)cc2F)C1. The molecule has 1 aliphatic heterocycles. The standard InChI is InChI=1S/C23H27F2N3O2/c1-3-15(2)26-22(29)17-9-12-21(16-7-5-4-6-8-16)28(14-17)23(30)27-20-11-10-18(24)13-19(20)25/h4-8,10-11,13,15,17,21H,3,9,12,14H2,1-2H3,(H,26,29)(H,27,30)/t15-,17+,21-/m0/s1. The van der Waals surface area contributed by atoms with Crippen LogP contribution in [0.15, 0.2) is 48.5 Å². The number of halogens is 2. The lowest BCUT2D eigenvalue weighted by Gasteiger charge is -2.39. The average molecular weight is 415 g/mol. The van der Waals surface area contributed by atoms with Gasteiger partial charge in [-0.1, -0.05) is 37.3 Å². The minimum atomic E-state index is -0.845. The zero-order valence-corrected chi connectivity index (χ0v) is 17.2. The Morgan fingerprint density at radius 2 is 1.87 bits per heavy atom. The topological polar surface area (TPSA) is 61.4 Å². The number of carbonyl (C=O) groups excluding carboxylic acids is 2. The van der Waals surface area contributed by atoms with Crippen molar-refractivity contribution < 1.29 is 18.4 Å². The number of hydrogen-bond acceptors (Lipinski definition) is 2. The number of benzene rings is 2. The van der Waals surface area contributed by atoms with Gasteiger partial charge in [0.25, 0.3) is 0 Å². The van der Waals surface area contributed by atoms with Crippen LogP contribution in [0.3, 0.4) is 0 Å². The molecule has 2 aromatic carbocycles. The lowest BCUT2D eigenvalue weighted by molar-refractivity contribution is -0.127. The Balaban J connectivity index is 1.81. The first kappa shape index (κ1) is 21.7. The molecule has 30 heavy (non-hydrogen) atoms. The highest BCUT2D eigenvalue weighted by Gasteiger charge is 2.36. The van der Waals surface area contributed by atoms with Gasteiger partial charge in [-0.15, -0.1) is 0 Å². The van der Waals surface area contributed by atoms with Crippen LogP contribution in [-0.2, 0) is 4.79 Å². The molecule has 0 spiro atoms. The highest BCUT2D eigenvalue weighted by molar-refractivity contribution is 5.90.